The highest BCUT2D eigenvalue weighted by molar-refractivity contribution is 9.11. The third kappa shape index (κ3) is 1.77. The average Bonchev–Trinajstić information content (AvgIpc) is 2.33. The van der Waals surface area contributed by atoms with E-state index < -0.39 is 5.60 Å². The largest absolute Gasteiger partial charge is 0.361 e. The zero-order valence-electron chi connectivity index (χ0n) is 8.81. The number of allylic oxidation sites excluding steroid dienone is 2. The lowest BCUT2D eigenvalue weighted by Gasteiger charge is -2.29. The van der Waals surface area contributed by atoms with Crippen molar-refractivity contribution in [2.45, 2.75) is 5.60 Å². The summed E-state index contributed by atoms with van der Waals surface area (Å²) in [6.45, 7) is 0. The van der Waals surface area contributed by atoms with Gasteiger partial charge in [-0.2, -0.15) is 0 Å². The molecule has 1 unspecified atom stereocenters. The van der Waals surface area contributed by atoms with Crippen LogP contribution in [0.2, 0.25) is 0 Å². The molecule has 2 nitrogen and oxygen atoms in total. The van der Waals surface area contributed by atoms with Crippen LogP contribution in [0.5, 0.6) is 0 Å². The highest BCUT2D eigenvalue weighted by Crippen LogP contribution is 2.34. The fourth-order valence-corrected chi connectivity index (χ4v) is 2.24. The molecule has 82 valence electrons. The Labute approximate surface area is 103 Å². The van der Waals surface area contributed by atoms with E-state index in [-0.39, 0.29) is 5.78 Å². The topological polar surface area (TPSA) is 26.3 Å². The molecule has 1 aliphatic rings. The average molecular weight is 279 g/mol. The van der Waals surface area contributed by atoms with Crippen molar-refractivity contribution in [1.29, 1.82) is 0 Å². The Morgan fingerprint density at radius 2 is 1.88 bits per heavy atom. The van der Waals surface area contributed by atoms with E-state index in [0.717, 1.165) is 10.0 Å². The molecule has 1 atom stereocenters. The normalized spacial score (nSPS) is 24.4. The summed E-state index contributed by atoms with van der Waals surface area (Å²) in [5, 5.41) is 0. The van der Waals surface area contributed by atoms with Gasteiger partial charge in [-0.3, -0.25) is 4.79 Å². The number of hydrogen-bond donors (Lipinski definition) is 0. The van der Waals surface area contributed by atoms with Crippen LogP contribution in [0, 0.1) is 0 Å². The molecule has 0 fully saturated rings. The van der Waals surface area contributed by atoms with Crippen LogP contribution >= 0.6 is 15.9 Å². The van der Waals surface area contributed by atoms with Gasteiger partial charge in [-0.1, -0.05) is 46.3 Å². The Hall–Kier alpha value is -1.19. The quantitative estimate of drug-likeness (QED) is 0.832. The zero-order valence-corrected chi connectivity index (χ0v) is 10.4. The standard InChI is InChI=1S/C13H11BrO2/c1-16-13(10-5-3-2-4-6-10)9-11(14)7-8-12(13)15/h2-9H,1H3. The van der Waals surface area contributed by atoms with Gasteiger partial charge in [0.2, 0.25) is 0 Å². The van der Waals surface area contributed by atoms with Crippen molar-refractivity contribution in [3.8, 4) is 0 Å². The summed E-state index contributed by atoms with van der Waals surface area (Å²) in [5.74, 6) is -0.0654. The number of carbonyl (C=O) groups is 1. The summed E-state index contributed by atoms with van der Waals surface area (Å²) in [6, 6.07) is 9.47. The highest BCUT2D eigenvalue weighted by Gasteiger charge is 2.38. The first-order chi connectivity index (χ1) is 7.69. The molecule has 0 aromatic heterocycles. The van der Waals surface area contributed by atoms with Crippen molar-refractivity contribution >= 4 is 21.7 Å². The number of benzene rings is 1. The summed E-state index contributed by atoms with van der Waals surface area (Å²) in [6.07, 6.45) is 5.04. The molecule has 3 heteroatoms. The first-order valence-electron chi connectivity index (χ1n) is 4.90. The van der Waals surface area contributed by atoms with Crippen molar-refractivity contribution in [3.05, 3.63) is 58.6 Å². The summed E-state index contributed by atoms with van der Waals surface area (Å²) >= 11 is 3.37. The number of ether oxygens (including phenoxy) is 1. The Balaban J connectivity index is 2.56. The zero-order chi connectivity index (χ0) is 11.6. The van der Waals surface area contributed by atoms with E-state index >= 15 is 0 Å². The maximum atomic E-state index is 12.0. The molecule has 0 aliphatic heterocycles. The Bertz CT molecular complexity index is 462. The second kappa shape index (κ2) is 4.36. The van der Waals surface area contributed by atoms with E-state index in [4.69, 9.17) is 4.74 Å². The van der Waals surface area contributed by atoms with Gasteiger partial charge in [0.15, 0.2) is 11.4 Å². The minimum Gasteiger partial charge on any atom is -0.361 e. The van der Waals surface area contributed by atoms with Gasteiger partial charge in [-0.15, -0.1) is 0 Å². The first kappa shape index (κ1) is 11.3. The van der Waals surface area contributed by atoms with E-state index in [1.54, 1.807) is 19.3 Å². The number of rotatable bonds is 2. The molecule has 0 saturated carbocycles. The highest BCUT2D eigenvalue weighted by atomic mass is 79.9. The lowest BCUT2D eigenvalue weighted by Crippen LogP contribution is -2.36. The molecule has 0 N–H and O–H groups in total. The number of hydrogen-bond acceptors (Lipinski definition) is 2. The number of halogens is 1. The van der Waals surface area contributed by atoms with Crippen LogP contribution in [0.1, 0.15) is 5.56 Å². The second-order valence-corrected chi connectivity index (χ2v) is 4.45. The number of methoxy groups -OCH3 is 1. The van der Waals surface area contributed by atoms with E-state index in [1.165, 1.54) is 6.08 Å². The van der Waals surface area contributed by atoms with Gasteiger partial charge in [0.1, 0.15) is 0 Å². The molecular formula is C13H11BrO2. The predicted octanol–water partition coefficient (Wildman–Crippen LogP) is 2.95. The van der Waals surface area contributed by atoms with Crippen LogP contribution < -0.4 is 0 Å². The Morgan fingerprint density at radius 1 is 1.19 bits per heavy atom. The number of ketones is 1. The minimum atomic E-state index is -0.991. The molecule has 0 saturated heterocycles. The molecule has 1 aromatic carbocycles. The Kier molecular flexibility index (Phi) is 3.08. The molecule has 0 bridgehead atoms. The lowest BCUT2D eigenvalue weighted by atomic mass is 9.86. The molecule has 0 amide bonds. The Morgan fingerprint density at radius 3 is 2.50 bits per heavy atom. The van der Waals surface area contributed by atoms with Gasteiger partial charge in [-0.05, 0) is 23.8 Å². The summed E-state index contributed by atoms with van der Waals surface area (Å²) in [7, 11) is 1.54. The van der Waals surface area contributed by atoms with Gasteiger partial charge in [-0.25, -0.2) is 0 Å². The van der Waals surface area contributed by atoms with Crippen LogP contribution in [0.15, 0.2) is 53.0 Å². The first-order valence-corrected chi connectivity index (χ1v) is 5.70. The number of carbonyl (C=O) groups excluding carboxylic acids is 1. The van der Waals surface area contributed by atoms with Crippen LogP contribution in [-0.2, 0) is 15.1 Å². The molecule has 16 heavy (non-hydrogen) atoms. The van der Waals surface area contributed by atoms with Crippen LogP contribution in [-0.4, -0.2) is 12.9 Å². The van der Waals surface area contributed by atoms with Gasteiger partial charge in [0.25, 0.3) is 0 Å². The van der Waals surface area contributed by atoms with Crippen molar-refractivity contribution in [2.24, 2.45) is 0 Å². The summed E-state index contributed by atoms with van der Waals surface area (Å²) < 4.78 is 6.29. The smallest absolute Gasteiger partial charge is 0.196 e. The van der Waals surface area contributed by atoms with Crippen LogP contribution in [0.3, 0.4) is 0 Å². The molecule has 0 radical (unpaired) electrons. The van der Waals surface area contributed by atoms with Crippen molar-refractivity contribution in [3.63, 3.8) is 0 Å². The van der Waals surface area contributed by atoms with Gasteiger partial charge in [0.05, 0.1) is 0 Å². The van der Waals surface area contributed by atoms with Crippen molar-refractivity contribution in [2.75, 3.05) is 7.11 Å². The second-order valence-electron chi connectivity index (χ2n) is 3.53. The van der Waals surface area contributed by atoms with Gasteiger partial charge in [0, 0.05) is 11.6 Å². The monoisotopic (exact) mass is 278 g/mol. The third-order valence-corrected chi connectivity index (χ3v) is 3.12. The van der Waals surface area contributed by atoms with Gasteiger partial charge >= 0.3 is 0 Å². The molecule has 1 aliphatic carbocycles. The van der Waals surface area contributed by atoms with Crippen LogP contribution in [0.25, 0.3) is 0 Å². The van der Waals surface area contributed by atoms with Crippen LogP contribution in [0.4, 0.5) is 0 Å². The maximum Gasteiger partial charge on any atom is 0.196 e. The van der Waals surface area contributed by atoms with E-state index in [0.29, 0.717) is 0 Å². The fourth-order valence-electron chi connectivity index (χ4n) is 1.78. The summed E-state index contributed by atoms with van der Waals surface area (Å²) in [4.78, 5) is 12.0. The molecule has 0 heterocycles. The van der Waals surface area contributed by atoms with Crippen molar-refractivity contribution < 1.29 is 9.53 Å². The van der Waals surface area contributed by atoms with E-state index in [2.05, 4.69) is 15.9 Å². The predicted molar refractivity (Wildman–Crippen MR) is 66.3 cm³/mol. The van der Waals surface area contributed by atoms with Crippen molar-refractivity contribution in [1.82, 2.24) is 0 Å². The van der Waals surface area contributed by atoms with E-state index in [1.807, 2.05) is 30.3 Å². The minimum absolute atomic E-state index is 0.0654. The molecule has 0 spiro atoms. The molecule has 1 aromatic rings. The maximum absolute atomic E-state index is 12.0. The molecule has 2 rings (SSSR count). The third-order valence-electron chi connectivity index (χ3n) is 2.63. The van der Waals surface area contributed by atoms with Gasteiger partial charge < -0.3 is 4.74 Å². The fraction of sp³-hybridized carbons (Fsp3) is 0.154. The molecular weight excluding hydrogens is 268 g/mol. The van der Waals surface area contributed by atoms with E-state index in [9.17, 15) is 4.79 Å². The lowest BCUT2D eigenvalue weighted by molar-refractivity contribution is -0.131. The summed E-state index contributed by atoms with van der Waals surface area (Å²) in [5.41, 5.74) is -0.154. The SMILES string of the molecule is COC1(c2ccccc2)C=C(Br)C=CC1=O.